The van der Waals surface area contributed by atoms with Crippen LogP contribution < -0.4 is 0 Å². The molecule has 3 heteroatoms. The summed E-state index contributed by atoms with van der Waals surface area (Å²) in [5, 5.41) is 0. The monoisotopic (exact) mass is 274 g/mol. The number of Topliss-reactive ketones (excluding diaryl/α,β-unsaturated/α-hetero) is 1. The molecule has 1 nitrogen and oxygen atoms in total. The molecule has 0 fully saturated rings. The molecule has 0 heterocycles. The van der Waals surface area contributed by atoms with E-state index >= 15 is 0 Å². The first-order valence-electron chi connectivity index (χ1n) is 6.05. The van der Waals surface area contributed by atoms with Crippen LogP contribution in [0.5, 0.6) is 0 Å². The second kappa shape index (κ2) is 6.02. The van der Waals surface area contributed by atoms with E-state index in [9.17, 15) is 9.18 Å². The van der Waals surface area contributed by atoms with Gasteiger partial charge in [-0.05, 0) is 43.7 Å². The summed E-state index contributed by atoms with van der Waals surface area (Å²) in [6.45, 7) is 3.96. The molecule has 0 aliphatic heterocycles. The van der Waals surface area contributed by atoms with Gasteiger partial charge in [0.05, 0.1) is 5.75 Å². The number of aryl methyl sites for hydroxylation is 2. The zero-order valence-electron chi connectivity index (χ0n) is 10.9. The summed E-state index contributed by atoms with van der Waals surface area (Å²) >= 11 is 1.43. The Kier molecular flexibility index (Phi) is 4.38. The fourth-order valence-electron chi connectivity index (χ4n) is 1.88. The third-order valence-corrected chi connectivity index (χ3v) is 3.88. The number of hydrogen-bond acceptors (Lipinski definition) is 2. The second-order valence-corrected chi connectivity index (χ2v) is 5.53. The molecule has 0 amide bonds. The minimum atomic E-state index is -0.259. The molecule has 2 aromatic rings. The predicted octanol–water partition coefficient (Wildman–Crippen LogP) is 4.42. The van der Waals surface area contributed by atoms with Crippen molar-refractivity contribution in [3.63, 3.8) is 0 Å². The lowest BCUT2D eigenvalue weighted by Crippen LogP contribution is -2.04. The van der Waals surface area contributed by atoms with Gasteiger partial charge >= 0.3 is 0 Å². The average Bonchev–Trinajstić information content (AvgIpc) is 2.37. The van der Waals surface area contributed by atoms with E-state index in [1.807, 2.05) is 32.0 Å². The van der Waals surface area contributed by atoms with Gasteiger partial charge in [-0.25, -0.2) is 4.39 Å². The molecule has 0 aliphatic carbocycles. The summed E-state index contributed by atoms with van der Waals surface area (Å²) < 4.78 is 12.8. The lowest BCUT2D eigenvalue weighted by molar-refractivity contribution is 0.102. The van der Waals surface area contributed by atoms with E-state index in [0.29, 0.717) is 5.75 Å². The highest BCUT2D eigenvalue weighted by molar-refractivity contribution is 8.00. The smallest absolute Gasteiger partial charge is 0.173 e. The predicted molar refractivity (Wildman–Crippen MR) is 77.4 cm³/mol. The van der Waals surface area contributed by atoms with Gasteiger partial charge in [0.25, 0.3) is 0 Å². The maximum absolute atomic E-state index is 12.8. The number of carbonyl (C=O) groups excluding carboxylic acids is 1. The lowest BCUT2D eigenvalue weighted by atomic mass is 10.0. The topological polar surface area (TPSA) is 17.1 Å². The van der Waals surface area contributed by atoms with Gasteiger partial charge in [0.1, 0.15) is 5.82 Å². The third-order valence-electron chi connectivity index (χ3n) is 2.87. The normalized spacial score (nSPS) is 10.5. The Bertz CT molecular complexity index is 590. The molecule has 19 heavy (non-hydrogen) atoms. The Morgan fingerprint density at radius 3 is 2.42 bits per heavy atom. The molecule has 0 aromatic heterocycles. The Hall–Kier alpha value is -1.61. The van der Waals surface area contributed by atoms with Crippen LogP contribution in [0.1, 0.15) is 21.5 Å². The number of halogens is 1. The van der Waals surface area contributed by atoms with Gasteiger partial charge < -0.3 is 0 Å². The highest BCUT2D eigenvalue weighted by atomic mass is 32.2. The Labute approximate surface area is 116 Å². The van der Waals surface area contributed by atoms with Crippen molar-refractivity contribution >= 4 is 17.5 Å². The van der Waals surface area contributed by atoms with E-state index in [4.69, 9.17) is 0 Å². The van der Waals surface area contributed by atoms with Crippen molar-refractivity contribution in [2.45, 2.75) is 18.7 Å². The van der Waals surface area contributed by atoms with Gasteiger partial charge in [0.2, 0.25) is 0 Å². The first-order chi connectivity index (χ1) is 9.06. The Morgan fingerprint density at radius 2 is 1.79 bits per heavy atom. The van der Waals surface area contributed by atoms with Gasteiger partial charge in [-0.3, -0.25) is 4.79 Å². The van der Waals surface area contributed by atoms with Crippen molar-refractivity contribution in [3.8, 4) is 0 Å². The third kappa shape index (κ3) is 3.67. The van der Waals surface area contributed by atoms with Crippen molar-refractivity contribution < 1.29 is 9.18 Å². The van der Waals surface area contributed by atoms with Crippen molar-refractivity contribution in [2.75, 3.05) is 5.75 Å². The van der Waals surface area contributed by atoms with E-state index in [1.165, 1.54) is 23.9 Å². The van der Waals surface area contributed by atoms with E-state index < -0.39 is 0 Å². The molecule has 2 rings (SSSR count). The average molecular weight is 274 g/mol. The summed E-state index contributed by atoms with van der Waals surface area (Å²) in [6, 6.07) is 12.0. The van der Waals surface area contributed by atoms with Crippen molar-refractivity contribution in [3.05, 3.63) is 65.0 Å². The fraction of sp³-hybridized carbons (Fsp3) is 0.188. The van der Waals surface area contributed by atoms with Crippen LogP contribution in [0.2, 0.25) is 0 Å². The zero-order chi connectivity index (χ0) is 13.8. The molecule has 0 saturated heterocycles. The summed E-state index contributed by atoms with van der Waals surface area (Å²) in [6.07, 6.45) is 0. The highest BCUT2D eigenvalue weighted by Crippen LogP contribution is 2.20. The van der Waals surface area contributed by atoms with Crippen molar-refractivity contribution in [2.24, 2.45) is 0 Å². The zero-order valence-corrected chi connectivity index (χ0v) is 11.8. The number of thioether (sulfide) groups is 1. The van der Waals surface area contributed by atoms with Crippen molar-refractivity contribution in [1.29, 1.82) is 0 Å². The molecule has 0 atom stereocenters. The van der Waals surface area contributed by atoms with Crippen LogP contribution in [0.15, 0.2) is 47.4 Å². The largest absolute Gasteiger partial charge is 0.293 e. The molecular formula is C16H15FOS. The summed E-state index contributed by atoms with van der Waals surface area (Å²) in [5.41, 5.74) is 2.92. The first kappa shape index (κ1) is 13.8. The molecule has 0 bridgehead atoms. The molecule has 98 valence electrons. The van der Waals surface area contributed by atoms with Crippen LogP contribution in [0.4, 0.5) is 4.39 Å². The van der Waals surface area contributed by atoms with Gasteiger partial charge in [0.15, 0.2) is 5.78 Å². The van der Waals surface area contributed by atoms with Gasteiger partial charge in [-0.2, -0.15) is 0 Å². The van der Waals surface area contributed by atoms with Gasteiger partial charge in [-0.1, -0.05) is 23.8 Å². The quantitative estimate of drug-likeness (QED) is 0.606. The fourth-order valence-corrected chi connectivity index (χ4v) is 2.67. The van der Waals surface area contributed by atoms with Crippen LogP contribution in [0.3, 0.4) is 0 Å². The maximum Gasteiger partial charge on any atom is 0.173 e. The lowest BCUT2D eigenvalue weighted by Gasteiger charge is -2.06. The van der Waals surface area contributed by atoms with Crippen LogP contribution >= 0.6 is 11.8 Å². The molecule has 0 aliphatic rings. The second-order valence-electron chi connectivity index (χ2n) is 4.48. The number of rotatable bonds is 4. The Morgan fingerprint density at radius 1 is 1.11 bits per heavy atom. The maximum atomic E-state index is 12.8. The molecule has 0 radical (unpaired) electrons. The molecule has 0 unspecified atom stereocenters. The van der Waals surface area contributed by atoms with E-state index in [2.05, 4.69) is 0 Å². The summed E-state index contributed by atoms with van der Waals surface area (Å²) in [7, 11) is 0. The van der Waals surface area contributed by atoms with Crippen LogP contribution in [-0.2, 0) is 0 Å². The van der Waals surface area contributed by atoms with E-state index in [-0.39, 0.29) is 11.6 Å². The molecule has 0 saturated carbocycles. The van der Waals surface area contributed by atoms with Gasteiger partial charge in [0, 0.05) is 10.5 Å². The molecule has 0 spiro atoms. The summed E-state index contributed by atoms with van der Waals surface area (Å²) in [5.74, 6) is 0.215. The van der Waals surface area contributed by atoms with Gasteiger partial charge in [-0.15, -0.1) is 11.8 Å². The number of hydrogen-bond donors (Lipinski definition) is 0. The SMILES string of the molecule is Cc1ccc(C(=O)CSc2ccc(F)cc2)c(C)c1. The number of ketones is 1. The number of carbonyl (C=O) groups is 1. The Balaban J connectivity index is 2.03. The van der Waals surface area contributed by atoms with E-state index in [0.717, 1.165) is 21.6 Å². The summed E-state index contributed by atoms with van der Waals surface area (Å²) in [4.78, 5) is 13.0. The standard InChI is InChI=1S/C16H15FOS/c1-11-3-8-15(12(2)9-11)16(18)10-19-14-6-4-13(17)5-7-14/h3-9H,10H2,1-2H3. The van der Waals surface area contributed by atoms with Crippen molar-refractivity contribution in [1.82, 2.24) is 0 Å². The van der Waals surface area contributed by atoms with E-state index in [1.54, 1.807) is 12.1 Å². The molecule has 0 N–H and O–H groups in total. The van der Waals surface area contributed by atoms with Crippen LogP contribution in [-0.4, -0.2) is 11.5 Å². The minimum Gasteiger partial charge on any atom is -0.293 e. The van der Waals surface area contributed by atoms with Crippen LogP contribution in [0, 0.1) is 19.7 Å². The van der Waals surface area contributed by atoms with Crippen LogP contribution in [0.25, 0.3) is 0 Å². The highest BCUT2D eigenvalue weighted by Gasteiger charge is 2.09. The number of benzene rings is 2. The minimum absolute atomic E-state index is 0.104. The first-order valence-corrected chi connectivity index (χ1v) is 7.03. The molecule has 2 aromatic carbocycles. The molecular weight excluding hydrogens is 259 g/mol.